The van der Waals surface area contributed by atoms with E-state index in [1.54, 1.807) is 4.90 Å². The van der Waals surface area contributed by atoms with Gasteiger partial charge in [-0.2, -0.15) is 0 Å². The Bertz CT molecular complexity index is 527. The fourth-order valence-corrected chi connectivity index (χ4v) is 2.74. The highest BCUT2D eigenvalue weighted by atomic mass is 16.3. The van der Waals surface area contributed by atoms with Gasteiger partial charge in [-0.15, -0.1) is 0 Å². The molecule has 2 atom stereocenters. The quantitative estimate of drug-likeness (QED) is 0.785. The first-order chi connectivity index (χ1) is 10.6. The van der Waals surface area contributed by atoms with Gasteiger partial charge in [0.15, 0.2) is 0 Å². The summed E-state index contributed by atoms with van der Waals surface area (Å²) in [7, 11) is 0. The van der Waals surface area contributed by atoms with Crippen molar-refractivity contribution in [1.82, 2.24) is 5.32 Å². The number of aliphatic hydroxyl groups is 1. The van der Waals surface area contributed by atoms with Gasteiger partial charge in [-0.05, 0) is 38.3 Å². The van der Waals surface area contributed by atoms with Crippen LogP contribution in [0.5, 0.6) is 0 Å². The Morgan fingerprint density at radius 2 is 2.09 bits per heavy atom. The lowest BCUT2D eigenvalue weighted by atomic mass is 10.1. The minimum atomic E-state index is -0.617. The first kappa shape index (κ1) is 16.5. The number of aryl methyl sites for hydroxylation is 1. The number of nitrogens with one attached hydrogen (secondary N) is 1. The minimum Gasteiger partial charge on any atom is -0.396 e. The molecule has 1 aromatic carbocycles. The summed E-state index contributed by atoms with van der Waals surface area (Å²) in [6, 6.07) is 7.68. The average molecular weight is 304 g/mol. The zero-order valence-electron chi connectivity index (χ0n) is 13.2. The van der Waals surface area contributed by atoms with E-state index in [0.29, 0.717) is 19.4 Å². The summed E-state index contributed by atoms with van der Waals surface area (Å²) >= 11 is 0. The van der Waals surface area contributed by atoms with E-state index in [-0.39, 0.29) is 24.5 Å². The van der Waals surface area contributed by atoms with Crippen molar-refractivity contribution in [2.24, 2.45) is 5.92 Å². The molecule has 2 N–H and O–H groups in total. The van der Waals surface area contributed by atoms with Gasteiger partial charge in [0.2, 0.25) is 11.8 Å². The van der Waals surface area contributed by atoms with Crippen molar-refractivity contribution in [2.45, 2.75) is 39.2 Å². The number of hydrogen-bond acceptors (Lipinski definition) is 3. The van der Waals surface area contributed by atoms with Crippen LogP contribution in [-0.4, -0.2) is 36.1 Å². The summed E-state index contributed by atoms with van der Waals surface area (Å²) < 4.78 is 0. The van der Waals surface area contributed by atoms with Gasteiger partial charge in [0.1, 0.15) is 5.92 Å². The third-order valence-corrected chi connectivity index (χ3v) is 4.18. The van der Waals surface area contributed by atoms with Gasteiger partial charge in [0.05, 0.1) is 0 Å². The summed E-state index contributed by atoms with van der Waals surface area (Å²) in [6.45, 7) is 4.55. The first-order valence-corrected chi connectivity index (χ1v) is 7.86. The lowest BCUT2D eigenvalue weighted by Gasteiger charge is -2.19. The molecule has 1 fully saturated rings. The Kier molecular flexibility index (Phi) is 5.55. The number of rotatable bonds is 6. The molecule has 0 aliphatic carbocycles. The Hall–Kier alpha value is -1.88. The number of benzene rings is 1. The summed E-state index contributed by atoms with van der Waals surface area (Å²) in [4.78, 5) is 26.4. The number of nitrogens with zero attached hydrogens (tertiary/aromatic N) is 1. The topological polar surface area (TPSA) is 69.6 Å². The molecule has 0 radical (unpaired) electrons. The van der Waals surface area contributed by atoms with Gasteiger partial charge in [-0.3, -0.25) is 9.59 Å². The smallest absolute Gasteiger partial charge is 0.239 e. The van der Waals surface area contributed by atoms with Gasteiger partial charge in [-0.25, -0.2) is 0 Å². The maximum absolute atomic E-state index is 12.5. The molecule has 0 bridgehead atoms. The first-order valence-electron chi connectivity index (χ1n) is 7.86. The fraction of sp³-hybridized carbons (Fsp3) is 0.529. The number of aliphatic hydroxyl groups excluding tert-OH is 1. The van der Waals surface area contributed by atoms with Crippen LogP contribution in [0.3, 0.4) is 0 Å². The van der Waals surface area contributed by atoms with Crippen molar-refractivity contribution in [1.29, 1.82) is 0 Å². The molecule has 2 amide bonds. The molecule has 0 aromatic heterocycles. The van der Waals surface area contributed by atoms with Gasteiger partial charge in [0.25, 0.3) is 0 Å². The highest BCUT2D eigenvalue weighted by Crippen LogP contribution is 2.25. The highest BCUT2D eigenvalue weighted by molar-refractivity contribution is 6.09. The lowest BCUT2D eigenvalue weighted by molar-refractivity contribution is -0.132. The van der Waals surface area contributed by atoms with E-state index in [0.717, 1.165) is 17.7 Å². The van der Waals surface area contributed by atoms with Crippen LogP contribution in [0.2, 0.25) is 0 Å². The molecule has 2 rings (SSSR count). The highest BCUT2D eigenvalue weighted by Gasteiger charge is 2.37. The van der Waals surface area contributed by atoms with Crippen LogP contribution in [0.1, 0.15) is 31.7 Å². The Balaban J connectivity index is 2.01. The second-order valence-electron chi connectivity index (χ2n) is 5.79. The van der Waals surface area contributed by atoms with E-state index >= 15 is 0 Å². The van der Waals surface area contributed by atoms with E-state index in [2.05, 4.69) is 5.32 Å². The van der Waals surface area contributed by atoms with E-state index in [1.165, 1.54) is 0 Å². The summed E-state index contributed by atoms with van der Waals surface area (Å²) in [5.41, 5.74) is 1.98. The molecule has 120 valence electrons. The zero-order valence-corrected chi connectivity index (χ0v) is 13.2. The van der Waals surface area contributed by atoms with Crippen molar-refractivity contribution >= 4 is 17.5 Å². The molecule has 0 spiro atoms. The molecule has 1 heterocycles. The minimum absolute atomic E-state index is 0.0346. The van der Waals surface area contributed by atoms with E-state index in [9.17, 15) is 9.59 Å². The van der Waals surface area contributed by atoms with E-state index < -0.39 is 5.92 Å². The normalized spacial score (nSPS) is 19.3. The maximum Gasteiger partial charge on any atom is 0.239 e. The second-order valence-corrected chi connectivity index (χ2v) is 5.79. The average Bonchev–Trinajstić information content (AvgIpc) is 2.89. The third kappa shape index (κ3) is 3.65. The molecular weight excluding hydrogens is 280 g/mol. The van der Waals surface area contributed by atoms with Crippen molar-refractivity contribution in [3.8, 4) is 0 Å². The van der Waals surface area contributed by atoms with Gasteiger partial charge in [0, 0.05) is 24.9 Å². The molecule has 1 aromatic rings. The number of hydrogen-bond donors (Lipinski definition) is 2. The summed E-state index contributed by atoms with van der Waals surface area (Å²) in [5.74, 6) is -0.978. The van der Waals surface area contributed by atoms with Crippen LogP contribution in [0.4, 0.5) is 5.69 Å². The van der Waals surface area contributed by atoms with Gasteiger partial charge >= 0.3 is 0 Å². The molecule has 5 nitrogen and oxygen atoms in total. The van der Waals surface area contributed by atoms with Crippen LogP contribution in [0, 0.1) is 12.8 Å². The summed E-state index contributed by atoms with van der Waals surface area (Å²) in [5, 5.41) is 11.9. The molecule has 0 saturated carbocycles. The number of carbonyl (C=O) groups is 2. The van der Waals surface area contributed by atoms with Crippen LogP contribution in [0.15, 0.2) is 24.3 Å². The Morgan fingerprint density at radius 3 is 2.68 bits per heavy atom. The van der Waals surface area contributed by atoms with Crippen LogP contribution >= 0.6 is 0 Å². The van der Waals surface area contributed by atoms with Crippen molar-refractivity contribution in [3.63, 3.8) is 0 Å². The van der Waals surface area contributed by atoms with Crippen LogP contribution in [-0.2, 0) is 9.59 Å². The molecule has 1 aliphatic heterocycles. The predicted octanol–water partition coefficient (Wildman–Crippen LogP) is 1.63. The van der Waals surface area contributed by atoms with Crippen molar-refractivity contribution in [3.05, 3.63) is 29.8 Å². The van der Waals surface area contributed by atoms with Crippen LogP contribution in [0.25, 0.3) is 0 Å². The van der Waals surface area contributed by atoms with Crippen molar-refractivity contribution in [2.75, 3.05) is 18.1 Å². The number of anilines is 1. The molecule has 2 unspecified atom stereocenters. The van der Waals surface area contributed by atoms with Gasteiger partial charge < -0.3 is 15.3 Å². The van der Waals surface area contributed by atoms with Crippen molar-refractivity contribution < 1.29 is 14.7 Å². The molecule has 1 aliphatic rings. The number of amides is 2. The summed E-state index contributed by atoms with van der Waals surface area (Å²) in [6.07, 6.45) is 1.80. The van der Waals surface area contributed by atoms with Crippen LogP contribution < -0.4 is 10.2 Å². The SMILES string of the molecule is CCC(CCO)NC(=O)C1CCN(c2ccc(C)cc2)C1=O. The lowest BCUT2D eigenvalue weighted by Crippen LogP contribution is -2.42. The van der Waals surface area contributed by atoms with E-state index in [1.807, 2.05) is 38.1 Å². The standard InChI is InChI=1S/C17H24N2O3/c1-3-13(9-11-20)18-16(21)15-8-10-19(17(15)22)14-6-4-12(2)5-7-14/h4-7,13,15,20H,3,8-11H2,1-2H3,(H,18,21). The Labute approximate surface area is 131 Å². The van der Waals surface area contributed by atoms with E-state index in [4.69, 9.17) is 5.11 Å². The maximum atomic E-state index is 12.5. The predicted molar refractivity (Wildman–Crippen MR) is 85.6 cm³/mol. The molecule has 22 heavy (non-hydrogen) atoms. The third-order valence-electron chi connectivity index (χ3n) is 4.18. The van der Waals surface area contributed by atoms with Gasteiger partial charge in [-0.1, -0.05) is 24.6 Å². The number of carbonyl (C=O) groups excluding carboxylic acids is 2. The Morgan fingerprint density at radius 1 is 1.41 bits per heavy atom. The monoisotopic (exact) mass is 304 g/mol. The molecule has 5 heteroatoms. The molecular formula is C17H24N2O3. The second kappa shape index (κ2) is 7.40. The fourth-order valence-electron chi connectivity index (χ4n) is 2.74. The molecule has 1 saturated heterocycles. The largest absolute Gasteiger partial charge is 0.396 e. The zero-order chi connectivity index (χ0) is 16.1.